The van der Waals surface area contributed by atoms with Crippen molar-refractivity contribution < 1.29 is 13.9 Å². The molecule has 4 heteroatoms. The number of terminal acetylenes is 1. The molecule has 3 nitrogen and oxygen atoms in total. The summed E-state index contributed by atoms with van der Waals surface area (Å²) in [5.74, 6) is 2.74. The van der Waals surface area contributed by atoms with E-state index in [1.807, 2.05) is 37.3 Å². The van der Waals surface area contributed by atoms with Gasteiger partial charge in [-0.2, -0.15) is 0 Å². The van der Waals surface area contributed by atoms with E-state index >= 15 is 0 Å². The van der Waals surface area contributed by atoms with Crippen LogP contribution in [0.25, 0.3) is 0 Å². The zero-order valence-electron chi connectivity index (χ0n) is 16.0. The van der Waals surface area contributed by atoms with E-state index in [9.17, 15) is 0 Å². The molecular formula is C20H32O3Si. The van der Waals surface area contributed by atoms with Crippen molar-refractivity contribution in [2.75, 3.05) is 13.4 Å². The average Bonchev–Trinajstić information content (AvgIpc) is 2.51. The lowest BCUT2D eigenvalue weighted by Gasteiger charge is -2.37. The van der Waals surface area contributed by atoms with Gasteiger partial charge in [0.1, 0.15) is 12.4 Å². The van der Waals surface area contributed by atoms with Gasteiger partial charge in [0.2, 0.25) is 0 Å². The van der Waals surface area contributed by atoms with E-state index in [1.54, 1.807) is 0 Å². The van der Waals surface area contributed by atoms with Gasteiger partial charge in [-0.05, 0) is 30.6 Å². The summed E-state index contributed by atoms with van der Waals surface area (Å²) in [5, 5.41) is 0.194. The second kappa shape index (κ2) is 8.82. The molecule has 0 bridgehead atoms. The van der Waals surface area contributed by atoms with Crippen molar-refractivity contribution in [3.05, 3.63) is 35.9 Å². The highest BCUT2D eigenvalue weighted by Crippen LogP contribution is 2.36. The van der Waals surface area contributed by atoms with Crippen LogP contribution in [0, 0.1) is 12.3 Å². The van der Waals surface area contributed by atoms with Crippen molar-refractivity contribution in [1.82, 2.24) is 0 Å². The first-order chi connectivity index (χ1) is 11.1. The Morgan fingerprint density at radius 3 is 2.25 bits per heavy atom. The predicted octanol–water partition coefficient (Wildman–Crippen LogP) is 4.98. The van der Waals surface area contributed by atoms with Crippen LogP contribution in [0.5, 0.6) is 0 Å². The lowest BCUT2D eigenvalue weighted by Crippen LogP contribution is -2.42. The molecule has 0 amide bonds. The van der Waals surface area contributed by atoms with Gasteiger partial charge >= 0.3 is 0 Å². The van der Waals surface area contributed by atoms with E-state index in [2.05, 4.69) is 39.8 Å². The van der Waals surface area contributed by atoms with E-state index < -0.39 is 13.9 Å². The molecule has 1 aromatic rings. The topological polar surface area (TPSA) is 27.7 Å². The van der Waals surface area contributed by atoms with Gasteiger partial charge in [-0.1, -0.05) is 57.0 Å². The molecule has 0 saturated carbocycles. The zero-order chi connectivity index (χ0) is 18.3. The van der Waals surface area contributed by atoms with Crippen molar-refractivity contribution >= 4 is 8.32 Å². The molecule has 1 unspecified atom stereocenters. The van der Waals surface area contributed by atoms with Crippen molar-refractivity contribution in [2.45, 2.75) is 64.5 Å². The normalized spacial score (nSPS) is 14.9. The van der Waals surface area contributed by atoms with Gasteiger partial charge in [0.05, 0.1) is 6.61 Å². The minimum Gasteiger partial charge on any atom is -0.417 e. The fraction of sp³-hybridized carbons (Fsp3) is 0.600. The molecule has 0 fully saturated rings. The van der Waals surface area contributed by atoms with Gasteiger partial charge in [-0.3, -0.25) is 0 Å². The maximum absolute atomic E-state index is 6.19. The quantitative estimate of drug-likeness (QED) is 0.273. The number of ether oxygens (including phenoxy) is 2. The molecule has 134 valence electrons. The average molecular weight is 349 g/mol. The first-order valence-electron chi connectivity index (χ1n) is 8.47. The highest BCUT2D eigenvalue weighted by Gasteiger charge is 2.37. The summed E-state index contributed by atoms with van der Waals surface area (Å²) in [4.78, 5) is 0. The lowest BCUT2D eigenvalue weighted by atomic mass is 10.0. The fourth-order valence-electron chi connectivity index (χ4n) is 1.81. The third kappa shape index (κ3) is 6.78. The van der Waals surface area contributed by atoms with E-state index in [0.29, 0.717) is 19.6 Å². The number of hydrogen-bond donors (Lipinski definition) is 0. The molecule has 0 aliphatic heterocycles. The van der Waals surface area contributed by atoms with Crippen molar-refractivity contribution in [3.8, 4) is 12.3 Å². The molecule has 0 radical (unpaired) electrons. The van der Waals surface area contributed by atoms with Crippen LogP contribution >= 0.6 is 0 Å². The summed E-state index contributed by atoms with van der Waals surface area (Å²) in [7, 11) is -1.76. The van der Waals surface area contributed by atoms with E-state index in [4.69, 9.17) is 20.3 Å². The summed E-state index contributed by atoms with van der Waals surface area (Å²) in [6.07, 6.45) is 6.32. The Labute approximate surface area is 148 Å². The van der Waals surface area contributed by atoms with Crippen LogP contribution in [0.4, 0.5) is 0 Å². The summed E-state index contributed by atoms with van der Waals surface area (Å²) in [6.45, 7) is 14.4. The van der Waals surface area contributed by atoms with Crippen LogP contribution in [-0.4, -0.2) is 27.3 Å². The van der Waals surface area contributed by atoms with Crippen LogP contribution in [0.1, 0.15) is 39.7 Å². The summed E-state index contributed by atoms with van der Waals surface area (Å²) in [6, 6.07) is 10.0. The second-order valence-corrected chi connectivity index (χ2v) is 12.6. The minimum atomic E-state index is -1.76. The van der Waals surface area contributed by atoms with Crippen LogP contribution < -0.4 is 0 Å². The summed E-state index contributed by atoms with van der Waals surface area (Å²) in [5.41, 5.74) is 0.448. The maximum Gasteiger partial charge on any atom is 0.191 e. The first-order valence-corrected chi connectivity index (χ1v) is 11.4. The third-order valence-electron chi connectivity index (χ3n) is 4.73. The molecule has 24 heavy (non-hydrogen) atoms. The Kier molecular flexibility index (Phi) is 7.69. The highest BCUT2D eigenvalue weighted by molar-refractivity contribution is 6.74. The van der Waals surface area contributed by atoms with Crippen LogP contribution in [-0.2, 0) is 20.5 Å². The van der Waals surface area contributed by atoms with Gasteiger partial charge in [0, 0.05) is 13.0 Å². The Bertz CT molecular complexity index is 528. The Morgan fingerprint density at radius 2 is 1.71 bits per heavy atom. The molecule has 1 atom stereocenters. The molecular weight excluding hydrogens is 316 g/mol. The van der Waals surface area contributed by atoms with E-state index in [-0.39, 0.29) is 11.8 Å². The van der Waals surface area contributed by atoms with Gasteiger partial charge in [-0.25, -0.2) is 0 Å². The molecule has 0 spiro atoms. The fourth-order valence-corrected chi connectivity index (χ4v) is 2.85. The molecule has 1 rings (SSSR count). The van der Waals surface area contributed by atoms with Gasteiger partial charge in [-0.15, -0.1) is 6.42 Å². The molecule has 0 aromatic heterocycles. The Morgan fingerprint density at radius 1 is 1.08 bits per heavy atom. The molecule has 0 aliphatic rings. The van der Waals surface area contributed by atoms with Gasteiger partial charge in [0.25, 0.3) is 0 Å². The van der Waals surface area contributed by atoms with Gasteiger partial charge in [0.15, 0.2) is 8.32 Å². The van der Waals surface area contributed by atoms with Crippen LogP contribution in [0.15, 0.2) is 30.3 Å². The maximum atomic E-state index is 6.19. The summed E-state index contributed by atoms with van der Waals surface area (Å²) < 4.78 is 17.5. The number of rotatable bonds is 9. The molecule has 0 N–H and O–H groups in total. The molecule has 0 saturated heterocycles. The van der Waals surface area contributed by atoms with Gasteiger partial charge < -0.3 is 13.9 Å². The number of benzene rings is 1. The minimum absolute atomic E-state index is 0.176. The molecule has 1 aromatic carbocycles. The van der Waals surface area contributed by atoms with E-state index in [1.165, 1.54) is 0 Å². The highest BCUT2D eigenvalue weighted by atomic mass is 28.4. The smallest absolute Gasteiger partial charge is 0.191 e. The summed E-state index contributed by atoms with van der Waals surface area (Å²) >= 11 is 0. The van der Waals surface area contributed by atoms with Crippen molar-refractivity contribution in [2.24, 2.45) is 0 Å². The first kappa shape index (κ1) is 20.9. The van der Waals surface area contributed by atoms with Crippen LogP contribution in [0.2, 0.25) is 18.1 Å². The van der Waals surface area contributed by atoms with Crippen molar-refractivity contribution in [1.29, 1.82) is 0 Å². The SMILES string of the molecule is C#CC(C)(CCO[Si](C)(C)C(C)(C)C)OCOCc1ccccc1. The predicted molar refractivity (Wildman–Crippen MR) is 102 cm³/mol. The van der Waals surface area contributed by atoms with Crippen molar-refractivity contribution in [3.63, 3.8) is 0 Å². The molecule has 0 heterocycles. The monoisotopic (exact) mass is 348 g/mol. The van der Waals surface area contributed by atoms with Crippen LogP contribution in [0.3, 0.4) is 0 Å². The van der Waals surface area contributed by atoms with E-state index in [0.717, 1.165) is 5.56 Å². The zero-order valence-corrected chi connectivity index (χ0v) is 17.0. The second-order valence-electron chi connectivity index (χ2n) is 7.83. The number of hydrogen-bond acceptors (Lipinski definition) is 3. The Balaban J connectivity index is 2.37. The Hall–Kier alpha value is -1.12. The standard InChI is InChI=1S/C20H32O3Si/c1-8-20(5,14-15-23-24(6,7)19(2,3)4)22-17-21-16-18-12-10-9-11-13-18/h1,9-13H,14-17H2,2-7H3. The lowest BCUT2D eigenvalue weighted by molar-refractivity contribution is -0.121. The third-order valence-corrected chi connectivity index (χ3v) is 9.26. The largest absolute Gasteiger partial charge is 0.417 e. The molecule has 0 aliphatic carbocycles.